The Bertz CT molecular complexity index is 929. The van der Waals surface area contributed by atoms with Gasteiger partial charge >= 0.3 is 6.61 Å². The molecule has 0 spiro atoms. The molecule has 2 heterocycles. The van der Waals surface area contributed by atoms with E-state index in [1.807, 2.05) is 6.92 Å². The molecule has 0 unspecified atom stereocenters. The Balaban J connectivity index is 1.63. The predicted molar refractivity (Wildman–Crippen MR) is 101 cm³/mol. The number of hydrogen-bond donors (Lipinski definition) is 1. The smallest absolute Gasteiger partial charge is 0.387 e. The molecule has 0 radical (unpaired) electrons. The Morgan fingerprint density at radius 2 is 2.00 bits per heavy atom. The first-order chi connectivity index (χ1) is 13.3. The van der Waals surface area contributed by atoms with Gasteiger partial charge in [-0.1, -0.05) is 12.1 Å². The number of sulfonamides is 1. The molecule has 1 fully saturated rings. The molecule has 0 bridgehead atoms. The second-order valence-electron chi connectivity index (χ2n) is 6.38. The molecule has 2 aromatic rings. The molecule has 1 aliphatic rings. The molecule has 3 rings (SSSR count). The Hall–Kier alpha value is -2.04. The fraction of sp³-hybridized carbons (Fsp3) is 0.389. The van der Waals surface area contributed by atoms with Crippen molar-refractivity contribution in [2.75, 3.05) is 6.54 Å². The molecule has 0 saturated carbocycles. The number of ether oxygens (including phenoxy) is 1. The van der Waals surface area contributed by atoms with Crippen LogP contribution >= 0.6 is 11.3 Å². The molecule has 10 heteroatoms. The maximum Gasteiger partial charge on any atom is 0.387 e. The summed E-state index contributed by atoms with van der Waals surface area (Å²) in [6.07, 6.45) is 1.07. The van der Waals surface area contributed by atoms with Gasteiger partial charge in [0.1, 0.15) is 16.0 Å². The maximum absolute atomic E-state index is 12.8. The summed E-state index contributed by atoms with van der Waals surface area (Å²) in [4.78, 5) is 13.5. The SMILES string of the molecule is Cc1ccc(S(=O)(=O)N2CCC[C@@H]2C(=O)NCc2ccc(OC(F)F)cc2)s1. The molecule has 1 aromatic carbocycles. The van der Waals surface area contributed by atoms with Gasteiger partial charge in [-0.25, -0.2) is 8.42 Å². The minimum absolute atomic E-state index is 0.0318. The van der Waals surface area contributed by atoms with Crippen LogP contribution in [-0.2, 0) is 21.4 Å². The first-order valence-corrected chi connectivity index (χ1v) is 10.9. The van der Waals surface area contributed by atoms with Crippen molar-refractivity contribution in [3.8, 4) is 5.75 Å². The van der Waals surface area contributed by atoms with Gasteiger partial charge in [-0.05, 0) is 49.6 Å². The van der Waals surface area contributed by atoms with Gasteiger partial charge in [-0.15, -0.1) is 11.3 Å². The zero-order valence-electron chi connectivity index (χ0n) is 15.1. The van der Waals surface area contributed by atoms with E-state index in [2.05, 4.69) is 10.1 Å². The van der Waals surface area contributed by atoms with Crippen LogP contribution in [0.15, 0.2) is 40.6 Å². The summed E-state index contributed by atoms with van der Waals surface area (Å²) in [6, 6.07) is 8.45. The highest BCUT2D eigenvalue weighted by Crippen LogP contribution is 2.30. The number of rotatable bonds is 7. The van der Waals surface area contributed by atoms with Crippen LogP contribution in [-0.4, -0.2) is 37.8 Å². The normalized spacial score (nSPS) is 17.8. The second-order valence-corrected chi connectivity index (χ2v) is 9.78. The van der Waals surface area contributed by atoms with Crippen LogP contribution < -0.4 is 10.1 Å². The lowest BCUT2D eigenvalue weighted by Crippen LogP contribution is -2.45. The molecule has 6 nitrogen and oxygen atoms in total. The molecule has 1 saturated heterocycles. The summed E-state index contributed by atoms with van der Waals surface area (Å²) in [6.45, 7) is -0.601. The van der Waals surface area contributed by atoms with Crippen molar-refractivity contribution in [2.45, 2.75) is 43.2 Å². The molecule has 152 valence electrons. The number of thiophene rings is 1. The number of alkyl halides is 2. The van der Waals surface area contributed by atoms with Crippen LogP contribution in [0.5, 0.6) is 5.75 Å². The Morgan fingerprint density at radius 1 is 1.29 bits per heavy atom. The van der Waals surface area contributed by atoms with E-state index < -0.39 is 22.7 Å². The lowest BCUT2D eigenvalue weighted by molar-refractivity contribution is -0.124. The van der Waals surface area contributed by atoms with E-state index in [9.17, 15) is 22.0 Å². The van der Waals surface area contributed by atoms with Crippen molar-refractivity contribution >= 4 is 27.3 Å². The first kappa shape index (κ1) is 20.7. The lowest BCUT2D eigenvalue weighted by Gasteiger charge is -2.22. The number of carbonyl (C=O) groups is 1. The fourth-order valence-electron chi connectivity index (χ4n) is 3.05. The van der Waals surface area contributed by atoms with Crippen molar-refractivity contribution in [2.24, 2.45) is 0 Å². The van der Waals surface area contributed by atoms with Gasteiger partial charge in [0.2, 0.25) is 5.91 Å². The van der Waals surface area contributed by atoms with E-state index in [-0.39, 0.29) is 22.4 Å². The lowest BCUT2D eigenvalue weighted by atomic mass is 10.2. The summed E-state index contributed by atoms with van der Waals surface area (Å²) in [5.74, 6) is -0.341. The minimum Gasteiger partial charge on any atom is -0.435 e. The molecule has 1 amide bonds. The van der Waals surface area contributed by atoms with Crippen molar-refractivity contribution in [1.29, 1.82) is 0 Å². The molecule has 1 aromatic heterocycles. The first-order valence-electron chi connectivity index (χ1n) is 8.67. The highest BCUT2D eigenvalue weighted by atomic mass is 32.2. The van der Waals surface area contributed by atoms with Crippen LogP contribution in [0.3, 0.4) is 0 Å². The fourth-order valence-corrected chi connectivity index (χ4v) is 6.12. The monoisotopic (exact) mass is 430 g/mol. The Kier molecular flexibility index (Phi) is 6.31. The van der Waals surface area contributed by atoms with E-state index in [4.69, 9.17) is 0 Å². The van der Waals surface area contributed by atoms with Crippen molar-refractivity contribution in [3.63, 3.8) is 0 Å². The molecular formula is C18H20F2N2O4S2. The average molecular weight is 430 g/mol. The molecule has 28 heavy (non-hydrogen) atoms. The summed E-state index contributed by atoms with van der Waals surface area (Å²) in [5, 5.41) is 2.73. The molecular weight excluding hydrogens is 410 g/mol. The predicted octanol–water partition coefficient (Wildman–Crippen LogP) is 3.13. The topological polar surface area (TPSA) is 75.7 Å². The van der Waals surface area contributed by atoms with Crippen LogP contribution in [0.25, 0.3) is 0 Å². The Labute approximate surface area is 166 Å². The number of amides is 1. The highest BCUT2D eigenvalue weighted by molar-refractivity contribution is 7.91. The van der Waals surface area contributed by atoms with Gasteiger partial charge in [-0.3, -0.25) is 4.79 Å². The van der Waals surface area contributed by atoms with E-state index in [0.717, 1.165) is 4.88 Å². The summed E-state index contributed by atoms with van der Waals surface area (Å²) in [5.41, 5.74) is 0.691. The third kappa shape index (κ3) is 4.68. The number of aryl methyl sites for hydroxylation is 1. The van der Waals surface area contributed by atoms with Crippen molar-refractivity contribution < 1.29 is 26.7 Å². The minimum atomic E-state index is -3.71. The van der Waals surface area contributed by atoms with E-state index in [0.29, 0.717) is 24.9 Å². The second kappa shape index (κ2) is 8.54. The standard InChI is InChI=1S/C18H20F2N2O4S2/c1-12-4-9-16(27-12)28(24,25)22-10-2-3-15(22)17(23)21-11-13-5-7-14(8-6-13)26-18(19)20/h4-9,15,18H,2-3,10-11H2,1H3,(H,21,23)/t15-/m1/s1. The quantitative estimate of drug-likeness (QED) is 0.732. The molecule has 1 aliphatic heterocycles. The summed E-state index contributed by atoms with van der Waals surface area (Å²) in [7, 11) is -3.71. The number of carbonyl (C=O) groups excluding carboxylic acids is 1. The van der Waals surface area contributed by atoms with Crippen LogP contribution in [0.1, 0.15) is 23.3 Å². The van der Waals surface area contributed by atoms with Crippen molar-refractivity contribution in [1.82, 2.24) is 9.62 Å². The van der Waals surface area contributed by atoms with Crippen LogP contribution in [0.4, 0.5) is 8.78 Å². The zero-order valence-corrected chi connectivity index (χ0v) is 16.7. The number of nitrogens with zero attached hydrogens (tertiary/aromatic N) is 1. The largest absolute Gasteiger partial charge is 0.435 e. The average Bonchev–Trinajstić information content (AvgIpc) is 3.30. The van der Waals surface area contributed by atoms with E-state index >= 15 is 0 Å². The summed E-state index contributed by atoms with van der Waals surface area (Å²) < 4.78 is 55.8. The van der Waals surface area contributed by atoms with Crippen molar-refractivity contribution in [3.05, 3.63) is 46.8 Å². The van der Waals surface area contributed by atoms with E-state index in [1.54, 1.807) is 24.3 Å². The highest BCUT2D eigenvalue weighted by Gasteiger charge is 2.39. The summed E-state index contributed by atoms with van der Waals surface area (Å²) >= 11 is 1.18. The third-order valence-electron chi connectivity index (χ3n) is 4.40. The Morgan fingerprint density at radius 3 is 2.61 bits per heavy atom. The van der Waals surface area contributed by atoms with Crippen LogP contribution in [0, 0.1) is 6.92 Å². The van der Waals surface area contributed by atoms with Gasteiger partial charge in [0.05, 0.1) is 0 Å². The molecule has 1 N–H and O–H groups in total. The van der Waals surface area contributed by atoms with Gasteiger partial charge in [0.15, 0.2) is 0 Å². The molecule has 0 aliphatic carbocycles. The van der Waals surface area contributed by atoms with Gasteiger partial charge in [0.25, 0.3) is 10.0 Å². The number of hydrogen-bond acceptors (Lipinski definition) is 5. The maximum atomic E-state index is 12.8. The van der Waals surface area contributed by atoms with Crippen LogP contribution in [0.2, 0.25) is 0 Å². The zero-order chi connectivity index (χ0) is 20.3. The number of benzene rings is 1. The number of halogens is 2. The van der Waals surface area contributed by atoms with Gasteiger partial charge in [-0.2, -0.15) is 13.1 Å². The molecule has 1 atom stereocenters. The third-order valence-corrected chi connectivity index (χ3v) is 7.78. The van der Waals surface area contributed by atoms with Gasteiger partial charge in [0, 0.05) is 18.0 Å². The number of nitrogens with one attached hydrogen (secondary N) is 1. The van der Waals surface area contributed by atoms with Gasteiger partial charge < -0.3 is 10.1 Å². The van der Waals surface area contributed by atoms with E-state index in [1.165, 1.54) is 27.8 Å².